The maximum Gasteiger partial charge on any atom is 0.136 e. The molecule has 2 heteroatoms. The molecule has 0 spiro atoms. The van der Waals surface area contributed by atoms with Gasteiger partial charge in [0.1, 0.15) is 11.2 Å². The van der Waals surface area contributed by atoms with Crippen LogP contribution >= 0.6 is 0 Å². The third kappa shape index (κ3) is 1.95. The van der Waals surface area contributed by atoms with Crippen molar-refractivity contribution < 1.29 is 4.42 Å². The van der Waals surface area contributed by atoms with Crippen LogP contribution in [0.15, 0.2) is 89.3 Å². The lowest BCUT2D eigenvalue weighted by Crippen LogP contribution is -1.86. The van der Waals surface area contributed by atoms with E-state index in [0.29, 0.717) is 0 Å². The van der Waals surface area contributed by atoms with Crippen molar-refractivity contribution in [3.05, 3.63) is 84.9 Å². The van der Waals surface area contributed by atoms with Crippen molar-refractivity contribution in [2.24, 2.45) is 7.05 Å². The van der Waals surface area contributed by atoms with E-state index in [4.69, 9.17) is 4.42 Å². The smallest absolute Gasteiger partial charge is 0.136 e. The fourth-order valence-corrected chi connectivity index (χ4v) is 4.33. The molecule has 0 fully saturated rings. The number of aromatic nitrogens is 1. The van der Waals surface area contributed by atoms with E-state index in [-0.39, 0.29) is 0 Å². The largest absolute Gasteiger partial charge is 0.456 e. The monoisotopic (exact) mass is 347 g/mol. The van der Waals surface area contributed by atoms with Crippen LogP contribution in [-0.4, -0.2) is 4.57 Å². The molecule has 4 aromatic carbocycles. The number of nitrogens with zero attached hydrogens (tertiary/aromatic N) is 1. The molecule has 128 valence electrons. The van der Waals surface area contributed by atoms with E-state index < -0.39 is 0 Å². The van der Waals surface area contributed by atoms with Crippen molar-refractivity contribution in [1.82, 2.24) is 4.57 Å². The third-order valence-electron chi connectivity index (χ3n) is 5.61. The molecular formula is C25H17NO. The summed E-state index contributed by atoms with van der Waals surface area (Å²) in [7, 11) is 2.15. The Morgan fingerprint density at radius 2 is 1.44 bits per heavy atom. The second kappa shape index (κ2) is 5.24. The highest BCUT2D eigenvalue weighted by Crippen LogP contribution is 2.39. The van der Waals surface area contributed by atoms with E-state index >= 15 is 0 Å². The molecule has 0 atom stereocenters. The first kappa shape index (κ1) is 14.6. The molecule has 0 saturated heterocycles. The average Bonchev–Trinajstić information content (AvgIpc) is 3.22. The molecule has 0 aliphatic rings. The summed E-state index contributed by atoms with van der Waals surface area (Å²) < 4.78 is 8.45. The van der Waals surface area contributed by atoms with Crippen LogP contribution in [0.2, 0.25) is 0 Å². The Balaban J connectivity index is 1.81. The van der Waals surface area contributed by atoms with E-state index in [1.165, 1.54) is 43.7 Å². The van der Waals surface area contributed by atoms with Gasteiger partial charge < -0.3 is 8.98 Å². The summed E-state index contributed by atoms with van der Waals surface area (Å²) in [5, 5.41) is 4.86. The van der Waals surface area contributed by atoms with Crippen molar-refractivity contribution in [3.63, 3.8) is 0 Å². The molecule has 6 aromatic rings. The van der Waals surface area contributed by atoms with Gasteiger partial charge in [0, 0.05) is 39.6 Å². The molecule has 6 rings (SSSR count). The minimum Gasteiger partial charge on any atom is -0.456 e. The Labute approximate surface area is 156 Å². The summed E-state index contributed by atoms with van der Waals surface area (Å²) >= 11 is 0. The summed E-state index contributed by atoms with van der Waals surface area (Å²) in [5.74, 6) is 0. The van der Waals surface area contributed by atoms with Crippen LogP contribution in [0.4, 0.5) is 0 Å². The third-order valence-corrected chi connectivity index (χ3v) is 5.61. The predicted octanol–water partition coefficient (Wildman–Crippen LogP) is 6.90. The zero-order chi connectivity index (χ0) is 18.0. The molecule has 2 heterocycles. The van der Waals surface area contributed by atoms with Crippen molar-refractivity contribution in [1.29, 1.82) is 0 Å². The van der Waals surface area contributed by atoms with E-state index in [1.54, 1.807) is 0 Å². The fourth-order valence-electron chi connectivity index (χ4n) is 4.33. The molecule has 0 amide bonds. The summed E-state index contributed by atoms with van der Waals surface area (Å²) in [5.41, 5.74) is 6.85. The van der Waals surface area contributed by atoms with Crippen molar-refractivity contribution in [3.8, 4) is 11.1 Å². The molecule has 2 aromatic heterocycles. The number of furan rings is 1. The molecule has 0 aliphatic heterocycles. The zero-order valence-corrected chi connectivity index (χ0v) is 14.9. The van der Waals surface area contributed by atoms with Crippen molar-refractivity contribution in [2.75, 3.05) is 0 Å². The SMILES string of the molecule is Cn1c2cc3c(cc2c2c(-c4ccccc4)cccc21)oc1ccccc13. The van der Waals surface area contributed by atoms with Gasteiger partial charge >= 0.3 is 0 Å². The summed E-state index contributed by atoms with van der Waals surface area (Å²) in [6.07, 6.45) is 0. The van der Waals surface area contributed by atoms with Crippen molar-refractivity contribution >= 4 is 43.7 Å². The zero-order valence-electron chi connectivity index (χ0n) is 14.9. The van der Waals surface area contributed by atoms with Crippen LogP contribution < -0.4 is 0 Å². The number of aryl methyl sites for hydroxylation is 1. The Bertz CT molecular complexity index is 1470. The number of para-hydroxylation sites is 1. The van der Waals surface area contributed by atoms with Gasteiger partial charge in [-0.25, -0.2) is 0 Å². The van der Waals surface area contributed by atoms with E-state index in [2.05, 4.69) is 84.4 Å². The standard InChI is InChI=1S/C25H17NO/c1-26-21-12-7-11-17(16-8-3-2-4-9-16)25(21)20-15-24-19(14-22(20)26)18-10-5-6-13-23(18)27-24/h2-15H,1H3. The number of hydrogen-bond donors (Lipinski definition) is 0. The normalized spacial score (nSPS) is 11.9. The van der Waals surface area contributed by atoms with Crippen LogP contribution in [0.1, 0.15) is 0 Å². The molecule has 0 bridgehead atoms. The number of fused-ring (bicyclic) bond motifs is 6. The van der Waals surface area contributed by atoms with Crippen molar-refractivity contribution in [2.45, 2.75) is 0 Å². The minimum atomic E-state index is 0.940. The Morgan fingerprint density at radius 1 is 0.630 bits per heavy atom. The van der Waals surface area contributed by atoms with Gasteiger partial charge in [-0.2, -0.15) is 0 Å². The van der Waals surface area contributed by atoms with Gasteiger partial charge in [0.2, 0.25) is 0 Å². The molecule has 0 saturated carbocycles. The van der Waals surface area contributed by atoms with E-state index in [0.717, 1.165) is 11.2 Å². The van der Waals surface area contributed by atoms with Gasteiger partial charge in [0.05, 0.1) is 0 Å². The van der Waals surface area contributed by atoms with Gasteiger partial charge in [0.15, 0.2) is 0 Å². The molecule has 2 nitrogen and oxygen atoms in total. The summed E-state index contributed by atoms with van der Waals surface area (Å²) in [6.45, 7) is 0. The topological polar surface area (TPSA) is 18.1 Å². The Kier molecular flexibility index (Phi) is 2.84. The van der Waals surface area contributed by atoms with E-state index in [9.17, 15) is 0 Å². The van der Waals surface area contributed by atoms with Gasteiger partial charge in [-0.15, -0.1) is 0 Å². The molecule has 27 heavy (non-hydrogen) atoms. The Morgan fingerprint density at radius 3 is 2.33 bits per heavy atom. The van der Waals surface area contributed by atoms with Crippen LogP contribution in [0.3, 0.4) is 0 Å². The average molecular weight is 347 g/mol. The highest BCUT2D eigenvalue weighted by Gasteiger charge is 2.16. The second-order valence-corrected chi connectivity index (χ2v) is 7.09. The molecular weight excluding hydrogens is 330 g/mol. The quantitative estimate of drug-likeness (QED) is 0.316. The molecule has 0 radical (unpaired) electrons. The lowest BCUT2D eigenvalue weighted by atomic mass is 9.99. The van der Waals surface area contributed by atoms with Gasteiger partial charge in [-0.3, -0.25) is 0 Å². The molecule has 0 aliphatic carbocycles. The van der Waals surface area contributed by atoms with Crippen LogP contribution in [-0.2, 0) is 7.05 Å². The van der Waals surface area contributed by atoms with Crippen LogP contribution in [0.5, 0.6) is 0 Å². The first-order valence-electron chi connectivity index (χ1n) is 9.19. The molecule has 0 unspecified atom stereocenters. The maximum absolute atomic E-state index is 6.16. The van der Waals surface area contributed by atoms with Gasteiger partial charge in [0.25, 0.3) is 0 Å². The first-order valence-corrected chi connectivity index (χ1v) is 9.19. The summed E-state index contributed by atoms with van der Waals surface area (Å²) in [4.78, 5) is 0. The van der Waals surface area contributed by atoms with Gasteiger partial charge in [-0.05, 0) is 35.4 Å². The predicted molar refractivity (Wildman–Crippen MR) is 113 cm³/mol. The summed E-state index contributed by atoms with van der Waals surface area (Å²) in [6, 6.07) is 29.9. The number of rotatable bonds is 1. The van der Waals surface area contributed by atoms with E-state index in [1.807, 2.05) is 12.1 Å². The Hall–Kier alpha value is -3.52. The second-order valence-electron chi connectivity index (χ2n) is 7.09. The maximum atomic E-state index is 6.16. The van der Waals surface area contributed by atoms with Crippen LogP contribution in [0.25, 0.3) is 54.9 Å². The van der Waals surface area contributed by atoms with Gasteiger partial charge in [-0.1, -0.05) is 60.7 Å². The minimum absolute atomic E-state index is 0.940. The first-order chi connectivity index (χ1) is 13.3. The highest BCUT2D eigenvalue weighted by atomic mass is 16.3. The highest BCUT2D eigenvalue weighted by molar-refractivity contribution is 6.19. The molecule has 0 N–H and O–H groups in total. The fraction of sp³-hybridized carbons (Fsp3) is 0.0400. The lowest BCUT2D eigenvalue weighted by molar-refractivity contribution is 0.669. The number of hydrogen-bond acceptors (Lipinski definition) is 1. The lowest BCUT2D eigenvalue weighted by Gasteiger charge is -2.04. The number of benzene rings is 4. The van der Waals surface area contributed by atoms with Crippen LogP contribution in [0, 0.1) is 0 Å².